The molecule has 0 bridgehead atoms. The fourth-order valence-electron chi connectivity index (χ4n) is 1.81. The zero-order valence-electron chi connectivity index (χ0n) is 9.39. The molecule has 1 saturated heterocycles. The van der Waals surface area contributed by atoms with Gasteiger partial charge >= 0.3 is 0 Å². The summed E-state index contributed by atoms with van der Waals surface area (Å²) in [4.78, 5) is 4.35. The summed E-state index contributed by atoms with van der Waals surface area (Å²) in [6.07, 6.45) is -0.192. The molecule has 90 valence electrons. The molecule has 4 nitrogen and oxygen atoms in total. The minimum Gasteiger partial charge on any atom is -0.346 e. The summed E-state index contributed by atoms with van der Waals surface area (Å²) < 4.78 is 10.9. The molecule has 0 aliphatic carbocycles. The van der Waals surface area contributed by atoms with Gasteiger partial charge in [0.25, 0.3) is 0 Å². The molecule has 0 radical (unpaired) electrons. The van der Waals surface area contributed by atoms with Gasteiger partial charge in [0.15, 0.2) is 11.5 Å². The molecule has 1 aromatic rings. The molecule has 2 heterocycles. The molecule has 2 aliphatic rings. The maximum Gasteiger partial charge on any atom is 0.184 e. The Balaban J connectivity index is 1.66. The Morgan fingerprint density at radius 3 is 2.59 bits per heavy atom. The Kier molecular flexibility index (Phi) is 3.31. The van der Waals surface area contributed by atoms with E-state index in [0.717, 1.165) is 28.7 Å². The van der Waals surface area contributed by atoms with Gasteiger partial charge in [0, 0.05) is 17.0 Å². The lowest BCUT2D eigenvalue weighted by Crippen LogP contribution is -2.05. The summed E-state index contributed by atoms with van der Waals surface area (Å²) in [5.74, 6) is 1.07. The van der Waals surface area contributed by atoms with Crippen LogP contribution in [0.2, 0.25) is 0 Å². The van der Waals surface area contributed by atoms with Crippen molar-refractivity contribution in [1.82, 2.24) is 0 Å². The second-order valence-electron chi connectivity index (χ2n) is 3.86. The third kappa shape index (κ3) is 2.62. The van der Waals surface area contributed by atoms with Crippen LogP contribution in [-0.4, -0.2) is 30.7 Å². The molecule has 0 amide bonds. The maximum absolute atomic E-state index is 5.44. The summed E-state index contributed by atoms with van der Waals surface area (Å²) in [6.45, 7) is 2.27. The summed E-state index contributed by atoms with van der Waals surface area (Å²) in [6, 6.07) is 8.11. The number of thioether (sulfide) groups is 1. The van der Waals surface area contributed by atoms with Gasteiger partial charge < -0.3 is 14.8 Å². The Bertz CT molecular complexity index is 413. The van der Waals surface area contributed by atoms with Crippen molar-refractivity contribution < 1.29 is 9.47 Å². The molecule has 0 unspecified atom stereocenters. The minimum absolute atomic E-state index is 0.192. The van der Waals surface area contributed by atoms with Gasteiger partial charge in [-0.1, -0.05) is 23.9 Å². The topological polar surface area (TPSA) is 42.9 Å². The van der Waals surface area contributed by atoms with E-state index >= 15 is 0 Å². The average Bonchev–Trinajstić information content (AvgIpc) is 3.01. The van der Waals surface area contributed by atoms with Gasteiger partial charge in [-0.3, -0.25) is 4.99 Å². The Morgan fingerprint density at radius 1 is 1.18 bits per heavy atom. The van der Waals surface area contributed by atoms with Crippen LogP contribution >= 0.6 is 11.8 Å². The standard InChI is InChI=1S/C12H14N2O2S/c1-3-10(14-12-13-5-8-17-12)4-2-9(1)11-15-6-7-16-11/h1-4,11H,5-8H2,(H,13,14). The minimum atomic E-state index is -0.192. The number of rotatable bonds is 2. The van der Waals surface area contributed by atoms with Crippen molar-refractivity contribution in [3.05, 3.63) is 29.8 Å². The normalized spacial score (nSPS) is 20.6. The maximum atomic E-state index is 5.44. The number of benzene rings is 1. The predicted octanol–water partition coefficient (Wildman–Crippen LogP) is 2.25. The number of nitrogens with one attached hydrogen (secondary N) is 1. The van der Waals surface area contributed by atoms with E-state index in [1.165, 1.54) is 0 Å². The van der Waals surface area contributed by atoms with Gasteiger partial charge in [-0.2, -0.15) is 0 Å². The summed E-state index contributed by atoms with van der Waals surface area (Å²) in [7, 11) is 0. The van der Waals surface area contributed by atoms with Gasteiger partial charge in [-0.05, 0) is 12.1 Å². The fraction of sp³-hybridized carbons (Fsp3) is 0.417. The lowest BCUT2D eigenvalue weighted by Gasteiger charge is -2.10. The van der Waals surface area contributed by atoms with Crippen LogP contribution in [0, 0.1) is 0 Å². The first kappa shape index (κ1) is 11.1. The number of amidine groups is 1. The number of hydrogen-bond acceptors (Lipinski definition) is 5. The molecule has 1 N–H and O–H groups in total. The molecule has 17 heavy (non-hydrogen) atoms. The van der Waals surface area contributed by atoms with E-state index in [1.807, 2.05) is 24.3 Å². The third-order valence-corrected chi connectivity index (χ3v) is 3.53. The van der Waals surface area contributed by atoms with Gasteiger partial charge in [-0.25, -0.2) is 0 Å². The smallest absolute Gasteiger partial charge is 0.184 e. The highest BCUT2D eigenvalue weighted by molar-refractivity contribution is 8.14. The third-order valence-electron chi connectivity index (χ3n) is 2.64. The van der Waals surface area contributed by atoms with E-state index in [-0.39, 0.29) is 6.29 Å². The van der Waals surface area contributed by atoms with E-state index in [0.29, 0.717) is 13.2 Å². The van der Waals surface area contributed by atoms with Gasteiger partial charge in [-0.15, -0.1) is 0 Å². The van der Waals surface area contributed by atoms with Crippen molar-refractivity contribution in [2.75, 3.05) is 30.8 Å². The van der Waals surface area contributed by atoms with Crippen LogP contribution < -0.4 is 5.32 Å². The largest absolute Gasteiger partial charge is 0.346 e. The molecule has 0 aromatic heterocycles. The first-order valence-corrected chi connectivity index (χ1v) is 6.68. The van der Waals surface area contributed by atoms with E-state index in [9.17, 15) is 0 Å². The van der Waals surface area contributed by atoms with E-state index in [2.05, 4.69) is 10.3 Å². The summed E-state index contributed by atoms with van der Waals surface area (Å²) in [5.41, 5.74) is 2.12. The van der Waals surface area contributed by atoms with Crippen LogP contribution in [0.5, 0.6) is 0 Å². The van der Waals surface area contributed by atoms with Crippen LogP contribution in [0.3, 0.4) is 0 Å². The molecule has 0 spiro atoms. The summed E-state index contributed by atoms with van der Waals surface area (Å²) >= 11 is 1.76. The predicted molar refractivity (Wildman–Crippen MR) is 69.5 cm³/mol. The first-order chi connectivity index (χ1) is 8.42. The van der Waals surface area contributed by atoms with Crippen LogP contribution in [0.25, 0.3) is 0 Å². The average molecular weight is 250 g/mol. The number of ether oxygens (including phenoxy) is 2. The van der Waals surface area contributed by atoms with Crippen LogP contribution in [-0.2, 0) is 9.47 Å². The van der Waals surface area contributed by atoms with E-state index in [4.69, 9.17) is 9.47 Å². The Hall–Kier alpha value is -1.04. The zero-order chi connectivity index (χ0) is 11.5. The van der Waals surface area contributed by atoms with Crippen molar-refractivity contribution in [3.63, 3.8) is 0 Å². The van der Waals surface area contributed by atoms with Crippen molar-refractivity contribution >= 4 is 22.6 Å². The monoisotopic (exact) mass is 250 g/mol. The second kappa shape index (κ2) is 5.08. The molecule has 0 saturated carbocycles. The van der Waals surface area contributed by atoms with Crippen LogP contribution in [0.15, 0.2) is 29.3 Å². The first-order valence-electron chi connectivity index (χ1n) is 5.69. The zero-order valence-corrected chi connectivity index (χ0v) is 10.2. The van der Waals surface area contributed by atoms with Gasteiger partial charge in [0.05, 0.1) is 19.8 Å². The van der Waals surface area contributed by atoms with E-state index < -0.39 is 0 Å². The van der Waals surface area contributed by atoms with Crippen molar-refractivity contribution in [3.8, 4) is 0 Å². The van der Waals surface area contributed by atoms with Crippen LogP contribution in [0.4, 0.5) is 5.69 Å². The molecular formula is C12H14N2O2S. The number of anilines is 1. The molecule has 0 atom stereocenters. The lowest BCUT2D eigenvalue weighted by molar-refractivity contribution is -0.0441. The number of aliphatic imine (C=N–C) groups is 1. The molecule has 5 heteroatoms. The molecular weight excluding hydrogens is 236 g/mol. The second-order valence-corrected chi connectivity index (χ2v) is 4.94. The van der Waals surface area contributed by atoms with Gasteiger partial charge in [0.2, 0.25) is 0 Å². The quantitative estimate of drug-likeness (QED) is 0.874. The van der Waals surface area contributed by atoms with Crippen molar-refractivity contribution in [2.24, 2.45) is 4.99 Å². The fourth-order valence-corrected chi connectivity index (χ4v) is 2.56. The molecule has 2 aliphatic heterocycles. The van der Waals surface area contributed by atoms with Crippen molar-refractivity contribution in [2.45, 2.75) is 6.29 Å². The highest BCUT2D eigenvalue weighted by Gasteiger charge is 2.17. The highest BCUT2D eigenvalue weighted by Crippen LogP contribution is 2.25. The highest BCUT2D eigenvalue weighted by atomic mass is 32.2. The van der Waals surface area contributed by atoms with E-state index in [1.54, 1.807) is 11.8 Å². The number of hydrogen-bond donors (Lipinski definition) is 1. The molecule has 3 rings (SSSR count). The van der Waals surface area contributed by atoms with Gasteiger partial charge in [0.1, 0.15) is 0 Å². The van der Waals surface area contributed by atoms with Crippen molar-refractivity contribution in [1.29, 1.82) is 0 Å². The molecule has 1 fully saturated rings. The van der Waals surface area contributed by atoms with Crippen LogP contribution in [0.1, 0.15) is 11.9 Å². The Morgan fingerprint density at radius 2 is 1.94 bits per heavy atom. The SMILES string of the molecule is c1cc(C2OCCO2)ccc1NC1=NCCS1. The lowest BCUT2D eigenvalue weighted by atomic mass is 10.2. The summed E-state index contributed by atoms with van der Waals surface area (Å²) in [5, 5.41) is 4.30. The number of nitrogens with zero attached hydrogens (tertiary/aromatic N) is 1. The molecule has 1 aromatic carbocycles. The Labute approximate surface area is 104 Å².